The molecule has 2 heterocycles. The summed E-state index contributed by atoms with van der Waals surface area (Å²) in [6.07, 6.45) is 3.92. The van der Waals surface area contributed by atoms with Crippen molar-refractivity contribution < 1.29 is 14.8 Å². The van der Waals surface area contributed by atoms with Crippen LogP contribution >= 0.6 is 0 Å². The van der Waals surface area contributed by atoms with Crippen molar-refractivity contribution in [3.63, 3.8) is 0 Å². The van der Waals surface area contributed by atoms with Crippen molar-refractivity contribution in [3.05, 3.63) is 22.5 Å². The minimum Gasteiger partial charge on any atom is -0.390 e. The molecule has 0 bridgehead atoms. The lowest BCUT2D eigenvalue weighted by molar-refractivity contribution is -0.385. The molecule has 1 aliphatic heterocycles. The Balaban J connectivity index is 1.73. The van der Waals surface area contributed by atoms with Crippen LogP contribution in [0, 0.1) is 10.1 Å². The zero-order valence-electron chi connectivity index (χ0n) is 10.6. The molecule has 2 atom stereocenters. The Labute approximate surface area is 110 Å². The van der Waals surface area contributed by atoms with Gasteiger partial charge in [-0.05, 0) is 12.8 Å². The van der Waals surface area contributed by atoms with E-state index in [1.807, 2.05) is 0 Å². The average molecular weight is 270 g/mol. The zero-order chi connectivity index (χ0) is 13.7. The van der Waals surface area contributed by atoms with Gasteiger partial charge in [-0.3, -0.25) is 14.8 Å². The van der Waals surface area contributed by atoms with Crippen LogP contribution in [-0.2, 0) is 11.3 Å². The second kappa shape index (κ2) is 6.60. The van der Waals surface area contributed by atoms with Gasteiger partial charge >= 0.3 is 5.69 Å². The third-order valence-corrected chi connectivity index (χ3v) is 3.03. The van der Waals surface area contributed by atoms with Crippen LogP contribution in [-0.4, -0.2) is 51.7 Å². The summed E-state index contributed by atoms with van der Waals surface area (Å²) in [5.74, 6) is 0. The first-order chi connectivity index (χ1) is 9.15. The summed E-state index contributed by atoms with van der Waals surface area (Å²) in [5, 5.41) is 27.4. The van der Waals surface area contributed by atoms with Gasteiger partial charge < -0.3 is 15.2 Å². The van der Waals surface area contributed by atoms with Crippen LogP contribution in [0.5, 0.6) is 0 Å². The second-order valence-corrected chi connectivity index (χ2v) is 4.65. The molecule has 2 N–H and O–H groups in total. The quantitative estimate of drug-likeness (QED) is 0.553. The summed E-state index contributed by atoms with van der Waals surface area (Å²) in [4.78, 5) is 9.99. The fourth-order valence-electron chi connectivity index (χ4n) is 2.03. The molecule has 0 spiro atoms. The third-order valence-electron chi connectivity index (χ3n) is 3.03. The van der Waals surface area contributed by atoms with E-state index in [0.29, 0.717) is 13.2 Å². The van der Waals surface area contributed by atoms with E-state index in [0.717, 1.165) is 19.4 Å². The average Bonchev–Trinajstić information content (AvgIpc) is 2.86. The van der Waals surface area contributed by atoms with Crippen molar-refractivity contribution in [1.29, 1.82) is 0 Å². The van der Waals surface area contributed by atoms with Crippen molar-refractivity contribution in [3.8, 4) is 0 Å². The number of aliphatic hydroxyl groups is 1. The molecule has 0 saturated carbocycles. The molecule has 19 heavy (non-hydrogen) atoms. The molecular formula is C11H18N4O4. The summed E-state index contributed by atoms with van der Waals surface area (Å²) in [6.45, 7) is 2.12. The molecule has 1 aromatic rings. The van der Waals surface area contributed by atoms with Gasteiger partial charge in [-0.15, -0.1) is 0 Å². The lowest BCUT2D eigenvalue weighted by atomic mass is 10.1. The summed E-state index contributed by atoms with van der Waals surface area (Å²) in [7, 11) is 0. The number of aliphatic hydroxyl groups excluding tert-OH is 1. The fraction of sp³-hybridized carbons (Fsp3) is 0.727. The van der Waals surface area contributed by atoms with E-state index < -0.39 is 11.0 Å². The van der Waals surface area contributed by atoms with Crippen molar-refractivity contribution >= 4 is 5.69 Å². The highest BCUT2D eigenvalue weighted by atomic mass is 16.6. The predicted molar refractivity (Wildman–Crippen MR) is 66.7 cm³/mol. The van der Waals surface area contributed by atoms with Crippen molar-refractivity contribution in [2.24, 2.45) is 0 Å². The van der Waals surface area contributed by atoms with Gasteiger partial charge in [0.2, 0.25) is 0 Å². The number of nitrogens with one attached hydrogen (secondary N) is 1. The van der Waals surface area contributed by atoms with Crippen LogP contribution in [0.2, 0.25) is 0 Å². The summed E-state index contributed by atoms with van der Waals surface area (Å²) >= 11 is 0. The molecule has 1 aromatic heterocycles. The highest BCUT2D eigenvalue weighted by Crippen LogP contribution is 2.08. The van der Waals surface area contributed by atoms with Crippen LogP contribution in [0.15, 0.2) is 12.4 Å². The standard InChI is InChI=1S/C11H18N4O4/c16-11(5-12-9-2-1-3-19-8-9)7-14-6-10(4-13-14)15(17)18/h4,6,9,11-12,16H,1-3,5,7-8H2. The highest BCUT2D eigenvalue weighted by molar-refractivity contribution is 5.20. The Morgan fingerprint density at radius 2 is 2.58 bits per heavy atom. The maximum atomic E-state index is 10.5. The number of hydrogen-bond donors (Lipinski definition) is 2. The molecule has 0 radical (unpaired) electrons. The minimum absolute atomic E-state index is 0.0687. The van der Waals surface area contributed by atoms with Gasteiger partial charge in [0.05, 0.1) is 24.2 Å². The van der Waals surface area contributed by atoms with E-state index in [1.165, 1.54) is 17.1 Å². The number of hydrogen-bond acceptors (Lipinski definition) is 6. The number of nitrogens with zero attached hydrogens (tertiary/aromatic N) is 3. The SMILES string of the molecule is O=[N+]([O-])c1cnn(CC(O)CNC2CCCOC2)c1. The van der Waals surface area contributed by atoms with E-state index in [4.69, 9.17) is 4.74 Å². The van der Waals surface area contributed by atoms with Crippen molar-refractivity contribution in [1.82, 2.24) is 15.1 Å². The molecule has 1 fully saturated rings. The highest BCUT2D eigenvalue weighted by Gasteiger charge is 2.16. The summed E-state index contributed by atoms with van der Waals surface area (Å²) in [6, 6.07) is 0.273. The molecule has 8 heteroatoms. The molecular weight excluding hydrogens is 252 g/mol. The molecule has 0 aromatic carbocycles. The van der Waals surface area contributed by atoms with Crippen LogP contribution in [0.4, 0.5) is 5.69 Å². The number of rotatable bonds is 6. The molecule has 106 valence electrons. The van der Waals surface area contributed by atoms with E-state index in [-0.39, 0.29) is 18.3 Å². The number of aromatic nitrogens is 2. The van der Waals surface area contributed by atoms with Gasteiger partial charge in [-0.1, -0.05) is 0 Å². The zero-order valence-corrected chi connectivity index (χ0v) is 10.6. The normalized spacial score (nSPS) is 21.2. The fourth-order valence-corrected chi connectivity index (χ4v) is 2.03. The molecule has 1 saturated heterocycles. The second-order valence-electron chi connectivity index (χ2n) is 4.65. The molecule has 0 aliphatic carbocycles. The largest absolute Gasteiger partial charge is 0.390 e. The summed E-state index contributed by atoms with van der Waals surface area (Å²) in [5.41, 5.74) is -0.0687. The first kappa shape index (κ1) is 13.9. The molecule has 2 unspecified atom stereocenters. The Bertz CT molecular complexity index is 417. The Kier molecular flexibility index (Phi) is 4.83. The van der Waals surface area contributed by atoms with E-state index in [2.05, 4.69) is 10.4 Å². The maximum absolute atomic E-state index is 10.5. The Morgan fingerprint density at radius 3 is 3.21 bits per heavy atom. The van der Waals surface area contributed by atoms with Crippen molar-refractivity contribution in [2.45, 2.75) is 31.5 Å². The van der Waals surface area contributed by atoms with Gasteiger partial charge in [0, 0.05) is 19.2 Å². The number of ether oxygens (including phenoxy) is 1. The minimum atomic E-state index is -0.638. The van der Waals surface area contributed by atoms with Gasteiger partial charge in [-0.25, -0.2) is 0 Å². The van der Waals surface area contributed by atoms with Crippen LogP contribution < -0.4 is 5.32 Å². The third kappa shape index (κ3) is 4.27. The smallest absolute Gasteiger partial charge is 0.306 e. The first-order valence-electron chi connectivity index (χ1n) is 6.31. The molecule has 0 amide bonds. The van der Waals surface area contributed by atoms with Crippen LogP contribution in [0.3, 0.4) is 0 Å². The number of nitro groups is 1. The van der Waals surface area contributed by atoms with Crippen LogP contribution in [0.1, 0.15) is 12.8 Å². The first-order valence-corrected chi connectivity index (χ1v) is 6.31. The van der Waals surface area contributed by atoms with Gasteiger partial charge in [0.15, 0.2) is 0 Å². The lowest BCUT2D eigenvalue weighted by Gasteiger charge is -2.24. The van der Waals surface area contributed by atoms with Gasteiger partial charge in [0.25, 0.3) is 0 Å². The molecule has 1 aliphatic rings. The summed E-state index contributed by atoms with van der Waals surface area (Å²) < 4.78 is 6.70. The van der Waals surface area contributed by atoms with E-state index in [1.54, 1.807) is 0 Å². The topological polar surface area (TPSA) is 102 Å². The van der Waals surface area contributed by atoms with Gasteiger partial charge in [-0.2, -0.15) is 5.10 Å². The Hall–Kier alpha value is -1.51. The van der Waals surface area contributed by atoms with E-state index >= 15 is 0 Å². The monoisotopic (exact) mass is 270 g/mol. The van der Waals surface area contributed by atoms with Crippen LogP contribution in [0.25, 0.3) is 0 Å². The molecule has 2 rings (SSSR count). The van der Waals surface area contributed by atoms with E-state index in [9.17, 15) is 15.2 Å². The maximum Gasteiger partial charge on any atom is 0.306 e. The van der Waals surface area contributed by atoms with Crippen molar-refractivity contribution in [2.75, 3.05) is 19.8 Å². The predicted octanol–water partition coefficient (Wildman–Crippen LogP) is -0.0792. The molecule has 8 nitrogen and oxygen atoms in total. The van der Waals surface area contributed by atoms with Gasteiger partial charge in [0.1, 0.15) is 12.4 Å². The lowest BCUT2D eigenvalue weighted by Crippen LogP contribution is -2.41. The Morgan fingerprint density at radius 1 is 1.74 bits per heavy atom.